The SMILES string of the molecule is CC(=O)C(=O)C1(O)O[C@H](CO)[C@@H](O)[C@H](O)[C@]1(N)C(=O)CP(=O)(O)OP(=O)(O)O. The average Bonchev–Trinajstić information content (AvgIpc) is 2.52. The van der Waals surface area contributed by atoms with Crippen molar-refractivity contribution >= 4 is 32.8 Å². The summed E-state index contributed by atoms with van der Waals surface area (Å²) >= 11 is 0. The highest BCUT2D eigenvalue weighted by Gasteiger charge is 2.70. The predicted octanol–water partition coefficient (Wildman–Crippen LogP) is -4.49. The standard InChI is InChI=1S/C11H19NO14P2/c1-4(14)8(17)11(19)10(12,9(18)7(16)5(2-13)25-11)6(15)3-27(20,21)26-28(22,23)24/h5,7,9,13,16,18-19H,2-3,12H2,1H3,(H,20,21)(H2,22,23,24)/t5-,7-,9+,10-,11?/m1/s1. The maximum atomic E-state index is 12.5. The molecule has 0 spiro atoms. The minimum Gasteiger partial charge on any atom is -0.394 e. The molecule has 1 aliphatic heterocycles. The molecule has 15 nitrogen and oxygen atoms in total. The summed E-state index contributed by atoms with van der Waals surface area (Å²) in [6, 6.07) is 0. The van der Waals surface area contributed by atoms with Crippen LogP contribution in [0.4, 0.5) is 0 Å². The van der Waals surface area contributed by atoms with Crippen LogP contribution < -0.4 is 5.73 Å². The van der Waals surface area contributed by atoms with Crippen molar-refractivity contribution < 1.29 is 67.7 Å². The van der Waals surface area contributed by atoms with Gasteiger partial charge in [-0.3, -0.25) is 18.9 Å². The molecule has 0 aromatic rings. The van der Waals surface area contributed by atoms with E-state index >= 15 is 0 Å². The van der Waals surface area contributed by atoms with Gasteiger partial charge >= 0.3 is 15.4 Å². The van der Waals surface area contributed by atoms with Gasteiger partial charge in [0, 0.05) is 6.92 Å². The van der Waals surface area contributed by atoms with Crippen LogP contribution in [0.25, 0.3) is 0 Å². The first kappa shape index (κ1) is 25.1. The van der Waals surface area contributed by atoms with Gasteiger partial charge in [-0.1, -0.05) is 0 Å². The van der Waals surface area contributed by atoms with Crippen LogP contribution in [0.5, 0.6) is 0 Å². The molecule has 0 bridgehead atoms. The molecule has 6 atom stereocenters. The minimum absolute atomic E-state index is 0.619. The van der Waals surface area contributed by atoms with E-state index in [0.29, 0.717) is 6.92 Å². The van der Waals surface area contributed by atoms with Crippen LogP contribution >= 0.6 is 15.4 Å². The van der Waals surface area contributed by atoms with Crippen molar-refractivity contribution in [1.82, 2.24) is 0 Å². The van der Waals surface area contributed by atoms with Gasteiger partial charge in [-0.25, -0.2) is 8.88 Å². The zero-order valence-corrected chi connectivity index (χ0v) is 15.9. The fourth-order valence-corrected chi connectivity index (χ4v) is 4.73. The first-order valence-electron chi connectivity index (χ1n) is 7.26. The zero-order valence-electron chi connectivity index (χ0n) is 14.1. The lowest BCUT2D eigenvalue weighted by molar-refractivity contribution is -0.314. The van der Waals surface area contributed by atoms with E-state index in [1.165, 1.54) is 0 Å². The van der Waals surface area contributed by atoms with Gasteiger partial charge in [0.25, 0.3) is 11.6 Å². The lowest BCUT2D eigenvalue weighted by atomic mass is 9.72. The smallest absolute Gasteiger partial charge is 0.394 e. The van der Waals surface area contributed by atoms with E-state index in [2.05, 4.69) is 4.31 Å². The number of aliphatic hydroxyl groups excluding tert-OH is 3. The summed E-state index contributed by atoms with van der Waals surface area (Å²) in [7, 11) is -11.0. The van der Waals surface area contributed by atoms with E-state index < -0.39 is 75.2 Å². The van der Waals surface area contributed by atoms with Gasteiger partial charge in [0.15, 0.2) is 11.3 Å². The Morgan fingerprint density at radius 2 is 1.68 bits per heavy atom. The highest BCUT2D eigenvalue weighted by molar-refractivity contribution is 7.64. The number of carbonyl (C=O) groups excluding carboxylic acids is 3. The second-order valence-corrected chi connectivity index (χ2v) is 9.19. The van der Waals surface area contributed by atoms with E-state index in [9.17, 15) is 43.7 Å². The average molecular weight is 451 g/mol. The van der Waals surface area contributed by atoms with Crippen LogP contribution in [-0.4, -0.2) is 94.9 Å². The molecular weight excluding hydrogens is 432 g/mol. The molecule has 1 heterocycles. The third kappa shape index (κ3) is 4.62. The summed E-state index contributed by atoms with van der Waals surface area (Å²) in [5.41, 5.74) is 2.11. The molecule has 0 aromatic heterocycles. The molecule has 2 unspecified atom stereocenters. The van der Waals surface area contributed by atoms with Crippen LogP contribution in [0.2, 0.25) is 0 Å². The van der Waals surface area contributed by atoms with Gasteiger partial charge in [-0.2, -0.15) is 0 Å². The number of ether oxygens (including phenoxy) is 1. The highest BCUT2D eigenvalue weighted by atomic mass is 31.3. The number of aliphatic hydroxyl groups is 4. The third-order valence-corrected chi connectivity index (χ3v) is 6.46. The van der Waals surface area contributed by atoms with E-state index in [1.54, 1.807) is 0 Å². The Labute approximate surface area is 156 Å². The van der Waals surface area contributed by atoms with Crippen LogP contribution in [0.3, 0.4) is 0 Å². The van der Waals surface area contributed by atoms with E-state index in [4.69, 9.17) is 25.4 Å². The molecule has 9 N–H and O–H groups in total. The topological polar surface area (TPSA) is 271 Å². The Hall–Kier alpha value is -0.930. The second-order valence-electron chi connectivity index (χ2n) is 5.96. The van der Waals surface area contributed by atoms with Gasteiger partial charge in [0.05, 0.1) is 6.61 Å². The number of nitrogens with two attached hydrogens (primary N) is 1. The molecule has 1 aliphatic rings. The molecule has 28 heavy (non-hydrogen) atoms. The molecule has 0 aromatic carbocycles. The first-order valence-corrected chi connectivity index (χ1v) is 10.6. The Balaban J connectivity index is 3.48. The van der Waals surface area contributed by atoms with Crippen LogP contribution in [-0.2, 0) is 32.6 Å². The molecule has 1 rings (SSSR count). The van der Waals surface area contributed by atoms with E-state index in [1.807, 2.05) is 0 Å². The summed E-state index contributed by atoms with van der Waals surface area (Å²) in [4.78, 5) is 62.7. The number of Topliss-reactive ketones (excluding diaryl/α,β-unsaturated/α-hetero) is 3. The van der Waals surface area contributed by atoms with Crippen molar-refractivity contribution in [3.05, 3.63) is 0 Å². The van der Waals surface area contributed by atoms with Crippen molar-refractivity contribution in [2.75, 3.05) is 12.8 Å². The van der Waals surface area contributed by atoms with Gasteiger partial charge < -0.3 is 45.6 Å². The monoisotopic (exact) mass is 451 g/mol. The lowest BCUT2D eigenvalue weighted by Gasteiger charge is -2.51. The summed E-state index contributed by atoms with van der Waals surface area (Å²) in [6.07, 6.45) is -8.62. The van der Waals surface area contributed by atoms with Crippen LogP contribution in [0.15, 0.2) is 0 Å². The molecule has 1 saturated heterocycles. The van der Waals surface area contributed by atoms with Crippen molar-refractivity contribution in [3.8, 4) is 0 Å². The number of phosphoric acid groups is 1. The normalized spacial score (nSPS) is 35.8. The van der Waals surface area contributed by atoms with Crippen LogP contribution in [0.1, 0.15) is 6.92 Å². The molecule has 0 amide bonds. The number of hydrogen-bond acceptors (Lipinski definition) is 12. The molecule has 162 valence electrons. The molecule has 0 aliphatic carbocycles. The lowest BCUT2D eigenvalue weighted by Crippen LogP contribution is -2.83. The maximum absolute atomic E-state index is 12.5. The summed E-state index contributed by atoms with van der Waals surface area (Å²) < 4.78 is 30.7. The fraction of sp³-hybridized carbons (Fsp3) is 0.727. The van der Waals surface area contributed by atoms with Crippen molar-refractivity contribution in [2.45, 2.75) is 36.6 Å². The fourth-order valence-electron chi connectivity index (χ4n) is 2.55. The molecular formula is C11H19NO14P2. The minimum atomic E-state index is -5.58. The maximum Gasteiger partial charge on any atom is 0.476 e. The van der Waals surface area contributed by atoms with Gasteiger partial charge in [0.2, 0.25) is 5.78 Å². The van der Waals surface area contributed by atoms with E-state index in [0.717, 1.165) is 0 Å². The Morgan fingerprint density at radius 3 is 2.07 bits per heavy atom. The third-order valence-electron chi connectivity index (χ3n) is 3.90. The Bertz CT molecular complexity index is 764. The molecule has 17 heteroatoms. The molecule has 0 saturated carbocycles. The van der Waals surface area contributed by atoms with Crippen molar-refractivity contribution in [2.24, 2.45) is 5.73 Å². The summed E-state index contributed by atoms with van der Waals surface area (Å²) in [5.74, 6) is -8.98. The van der Waals surface area contributed by atoms with Crippen molar-refractivity contribution in [1.29, 1.82) is 0 Å². The summed E-state index contributed by atoms with van der Waals surface area (Å²) in [5, 5.41) is 39.8. The number of rotatable bonds is 8. The number of hydrogen-bond donors (Lipinski definition) is 8. The number of carbonyl (C=O) groups is 3. The van der Waals surface area contributed by atoms with Gasteiger partial charge in [0.1, 0.15) is 24.5 Å². The molecule has 1 fully saturated rings. The second kappa shape index (κ2) is 8.07. The predicted molar refractivity (Wildman–Crippen MR) is 84.4 cm³/mol. The Morgan fingerprint density at radius 1 is 1.18 bits per heavy atom. The van der Waals surface area contributed by atoms with Gasteiger partial charge in [-0.05, 0) is 0 Å². The first-order chi connectivity index (χ1) is 12.4. The van der Waals surface area contributed by atoms with Gasteiger partial charge in [-0.15, -0.1) is 0 Å². The highest BCUT2D eigenvalue weighted by Crippen LogP contribution is 2.57. The molecule has 0 radical (unpaired) electrons. The largest absolute Gasteiger partial charge is 0.476 e. The number of ketones is 3. The summed E-state index contributed by atoms with van der Waals surface area (Å²) in [6.45, 7) is -0.496. The van der Waals surface area contributed by atoms with Crippen LogP contribution in [0, 0.1) is 0 Å². The van der Waals surface area contributed by atoms with E-state index in [-0.39, 0.29) is 0 Å². The Kier molecular flexibility index (Phi) is 7.23. The van der Waals surface area contributed by atoms with Crippen molar-refractivity contribution in [3.63, 3.8) is 0 Å². The quantitative estimate of drug-likeness (QED) is 0.128. The zero-order chi connectivity index (χ0) is 22.3.